The van der Waals surface area contributed by atoms with Gasteiger partial charge in [-0.05, 0) is 12.1 Å². The molecule has 5 heterocycles. The molecule has 36 heavy (non-hydrogen) atoms. The van der Waals surface area contributed by atoms with Gasteiger partial charge in [0.15, 0.2) is 23.6 Å². The monoisotopic (exact) mass is 548 g/mol. The van der Waals surface area contributed by atoms with E-state index in [1.165, 1.54) is 23.8 Å². The minimum Gasteiger partial charge on any atom is -0.477 e. The van der Waals surface area contributed by atoms with Crippen LogP contribution in [0.1, 0.15) is 5.69 Å². The number of carboxylic acids is 1. The van der Waals surface area contributed by atoms with Gasteiger partial charge in [-0.15, -0.1) is 21.0 Å². The summed E-state index contributed by atoms with van der Waals surface area (Å²) in [7, 11) is 1.25. The Kier molecular flexibility index (Phi) is 6.32. The van der Waals surface area contributed by atoms with Gasteiger partial charge in [0.05, 0.1) is 6.20 Å². The zero-order chi connectivity index (χ0) is 25.6. The van der Waals surface area contributed by atoms with Crippen molar-refractivity contribution in [2.24, 2.45) is 5.16 Å². The lowest BCUT2D eigenvalue weighted by molar-refractivity contribution is -0.753. The highest BCUT2D eigenvalue weighted by Crippen LogP contribution is 2.40. The van der Waals surface area contributed by atoms with Gasteiger partial charge in [0.2, 0.25) is 0 Å². The minimum absolute atomic E-state index is 0.0308. The van der Waals surface area contributed by atoms with E-state index in [9.17, 15) is 19.5 Å². The van der Waals surface area contributed by atoms with Crippen molar-refractivity contribution >= 4 is 68.8 Å². The van der Waals surface area contributed by atoms with Gasteiger partial charge in [-0.3, -0.25) is 14.5 Å². The van der Waals surface area contributed by atoms with Crippen molar-refractivity contribution in [2.75, 3.05) is 18.6 Å². The van der Waals surface area contributed by atoms with Gasteiger partial charge in [0.25, 0.3) is 11.8 Å². The van der Waals surface area contributed by atoms with Crippen molar-refractivity contribution < 1.29 is 29.0 Å². The third-order valence-corrected chi connectivity index (χ3v) is 8.10. The van der Waals surface area contributed by atoms with Crippen LogP contribution >= 0.6 is 34.7 Å². The number of rotatable bonds is 7. The van der Waals surface area contributed by atoms with Gasteiger partial charge in [0.1, 0.15) is 39.8 Å². The van der Waals surface area contributed by atoms with Crippen LogP contribution in [-0.2, 0) is 25.8 Å². The van der Waals surface area contributed by atoms with Gasteiger partial charge in [-0.1, -0.05) is 34.2 Å². The molecule has 15 heteroatoms. The largest absolute Gasteiger partial charge is 0.477 e. The zero-order valence-electron chi connectivity index (χ0n) is 18.6. The summed E-state index contributed by atoms with van der Waals surface area (Å²) in [6, 6.07) is 6.69. The summed E-state index contributed by atoms with van der Waals surface area (Å²) >= 11 is 8.45. The SMILES string of the molecule is CO/N=C(\C(=O)N[C@@H]1C(=O)N2C(C(=O)O)=C(C[n+]3ccc4ccccn43)CS[C@H]12)c1nc(N)sc1Cl. The fraction of sp³-hybridized carbons (Fsp3) is 0.238. The molecule has 3 aromatic rings. The molecular formula is C21H19ClN7O5S2+. The number of aromatic nitrogens is 3. The number of carboxylic acid groups (broad SMARTS) is 1. The van der Waals surface area contributed by atoms with Crippen molar-refractivity contribution in [3.63, 3.8) is 0 Å². The summed E-state index contributed by atoms with van der Waals surface area (Å²) in [4.78, 5) is 48.2. The second kappa shape index (κ2) is 9.44. The number of nitrogen functional groups attached to an aromatic ring is 1. The van der Waals surface area contributed by atoms with Crippen LogP contribution in [0.15, 0.2) is 53.1 Å². The van der Waals surface area contributed by atoms with Gasteiger partial charge in [-0.25, -0.2) is 9.78 Å². The lowest BCUT2D eigenvalue weighted by Gasteiger charge is -2.49. The molecule has 3 aromatic heterocycles. The maximum absolute atomic E-state index is 13.1. The normalized spacial score (nSPS) is 19.8. The summed E-state index contributed by atoms with van der Waals surface area (Å²) in [5.74, 6) is -2.13. The first-order valence-electron chi connectivity index (χ1n) is 10.5. The number of fused-ring (bicyclic) bond motifs is 2. The Morgan fingerprint density at radius 1 is 1.42 bits per heavy atom. The highest BCUT2D eigenvalue weighted by Gasteiger charge is 2.55. The molecule has 2 amide bonds. The van der Waals surface area contributed by atoms with Crippen molar-refractivity contribution in [1.29, 1.82) is 0 Å². The van der Waals surface area contributed by atoms with Gasteiger partial charge < -0.3 is 21.0 Å². The topological polar surface area (TPSA) is 156 Å². The number of carbonyl (C=O) groups excluding carboxylic acids is 2. The predicted octanol–water partition coefficient (Wildman–Crippen LogP) is 0.708. The van der Waals surface area contributed by atoms with Crippen molar-refractivity contribution in [3.8, 4) is 0 Å². The first kappa shape index (κ1) is 24.1. The smallest absolute Gasteiger partial charge is 0.352 e. The molecule has 0 bridgehead atoms. The molecule has 0 unspecified atom stereocenters. The standard InChI is InChI=1S/C21H18ClN7O5S2/c1-34-26-13(12-16(22)36-21(23)25-12)17(30)24-14-18(31)29-15(20(32)33)10(9-35-19(14)29)8-27-7-5-11-4-2-3-6-28(11)27/h2-7,14,19H,8-9H2,1H3,(H3-,23,24,25,30,32,33)/p+1/b26-13-/t14-,19-/m1/s1. The number of carbonyl (C=O) groups is 3. The van der Waals surface area contributed by atoms with E-state index in [1.807, 2.05) is 45.9 Å². The van der Waals surface area contributed by atoms with E-state index >= 15 is 0 Å². The fourth-order valence-electron chi connectivity index (χ4n) is 4.13. The third kappa shape index (κ3) is 4.06. The molecule has 4 N–H and O–H groups in total. The number of oxime groups is 1. The van der Waals surface area contributed by atoms with Crippen LogP contribution in [-0.4, -0.2) is 67.3 Å². The number of anilines is 1. The van der Waals surface area contributed by atoms with Crippen LogP contribution in [0.2, 0.25) is 4.34 Å². The minimum atomic E-state index is -1.21. The number of amides is 2. The third-order valence-electron chi connectivity index (χ3n) is 5.68. The zero-order valence-corrected chi connectivity index (χ0v) is 21.0. The van der Waals surface area contributed by atoms with Crippen LogP contribution in [0.3, 0.4) is 0 Å². The molecule has 186 valence electrons. The summed E-state index contributed by atoms with van der Waals surface area (Å²) in [5.41, 5.74) is 6.92. The number of aliphatic carboxylic acids is 1. The number of β-lactam (4-membered cyclic amide) rings is 1. The van der Waals surface area contributed by atoms with E-state index < -0.39 is 29.2 Å². The number of thioether (sulfide) groups is 1. The summed E-state index contributed by atoms with van der Waals surface area (Å²) in [5, 5.41) is 15.8. The molecular weight excluding hydrogens is 530 g/mol. The van der Waals surface area contributed by atoms with Gasteiger partial charge >= 0.3 is 5.97 Å². The Morgan fingerprint density at radius 2 is 2.22 bits per heavy atom. The maximum Gasteiger partial charge on any atom is 0.352 e. The quantitative estimate of drug-likeness (QED) is 0.169. The molecule has 12 nitrogen and oxygen atoms in total. The van der Waals surface area contributed by atoms with Crippen LogP contribution < -0.4 is 15.7 Å². The number of thiazole rings is 1. The number of hydrogen-bond donors (Lipinski definition) is 3. The second-order valence-corrected chi connectivity index (χ2v) is 10.5. The van der Waals surface area contributed by atoms with E-state index in [1.54, 1.807) is 0 Å². The molecule has 2 aliphatic rings. The van der Waals surface area contributed by atoms with Gasteiger partial charge in [0, 0.05) is 17.4 Å². The molecule has 1 saturated heterocycles. The number of hydrogen-bond acceptors (Lipinski definition) is 9. The predicted molar refractivity (Wildman–Crippen MR) is 132 cm³/mol. The average molecular weight is 549 g/mol. The van der Waals surface area contributed by atoms with E-state index in [2.05, 4.69) is 15.5 Å². The van der Waals surface area contributed by atoms with E-state index in [4.69, 9.17) is 22.2 Å². The number of pyridine rings is 1. The molecule has 1 fully saturated rings. The van der Waals surface area contributed by atoms with Crippen LogP contribution in [0.4, 0.5) is 5.13 Å². The second-order valence-electron chi connectivity index (χ2n) is 7.80. The Morgan fingerprint density at radius 3 is 2.92 bits per heavy atom. The lowest BCUT2D eigenvalue weighted by Crippen LogP contribution is -2.71. The average Bonchev–Trinajstić information content (AvgIpc) is 3.42. The molecule has 0 radical (unpaired) electrons. The van der Waals surface area contributed by atoms with E-state index in [-0.39, 0.29) is 33.1 Å². The summed E-state index contributed by atoms with van der Waals surface area (Å²) in [6.45, 7) is 0.286. The first-order chi connectivity index (χ1) is 17.3. The summed E-state index contributed by atoms with van der Waals surface area (Å²) < 4.78 is 3.91. The molecule has 0 aliphatic carbocycles. The Hall–Kier alpha value is -3.62. The molecule has 0 spiro atoms. The Bertz CT molecular complexity index is 1470. The van der Waals surface area contributed by atoms with Crippen LogP contribution in [0, 0.1) is 0 Å². The Labute approximate surface area is 216 Å². The summed E-state index contributed by atoms with van der Waals surface area (Å²) in [6.07, 6.45) is 3.73. The number of nitrogens with zero attached hydrogens (tertiary/aromatic N) is 5. The molecule has 2 atom stereocenters. The van der Waals surface area contributed by atoms with Crippen molar-refractivity contribution in [1.82, 2.24) is 19.7 Å². The van der Waals surface area contributed by atoms with E-state index in [0.717, 1.165) is 16.9 Å². The highest BCUT2D eigenvalue weighted by molar-refractivity contribution is 8.00. The number of nitrogens with one attached hydrogen (secondary N) is 1. The van der Waals surface area contributed by atoms with Crippen molar-refractivity contribution in [2.45, 2.75) is 18.0 Å². The van der Waals surface area contributed by atoms with Gasteiger partial charge in [-0.2, -0.15) is 0 Å². The fourth-order valence-corrected chi connectivity index (χ4v) is 6.40. The Balaban J connectivity index is 1.38. The molecule has 0 aromatic carbocycles. The lowest BCUT2D eigenvalue weighted by atomic mass is 10.0. The maximum atomic E-state index is 13.1. The number of nitrogens with two attached hydrogens (primary N) is 1. The van der Waals surface area contributed by atoms with E-state index in [0.29, 0.717) is 11.3 Å². The first-order valence-corrected chi connectivity index (χ1v) is 12.7. The van der Waals surface area contributed by atoms with Crippen LogP contribution in [0.5, 0.6) is 0 Å². The molecule has 5 rings (SSSR count). The molecule has 0 saturated carbocycles. The highest BCUT2D eigenvalue weighted by atomic mass is 35.5. The number of halogens is 1. The van der Waals surface area contributed by atoms with Crippen LogP contribution in [0.25, 0.3) is 5.52 Å². The molecule has 2 aliphatic heterocycles. The van der Waals surface area contributed by atoms with Crippen molar-refractivity contribution in [3.05, 3.63) is 58.0 Å².